The van der Waals surface area contributed by atoms with Crippen molar-refractivity contribution in [1.82, 2.24) is 0 Å². The maximum absolute atomic E-state index is 10.6. The summed E-state index contributed by atoms with van der Waals surface area (Å²) in [5.74, 6) is -0.836. The molecule has 3 heteroatoms. The smallest absolute Gasteiger partial charge is 0.307 e. The molecule has 0 saturated heterocycles. The van der Waals surface area contributed by atoms with E-state index in [0.29, 0.717) is 0 Å². The lowest BCUT2D eigenvalue weighted by molar-refractivity contribution is -0.136. The van der Waals surface area contributed by atoms with Crippen LogP contribution in [0.2, 0.25) is 0 Å². The van der Waals surface area contributed by atoms with Crippen LogP contribution in [0.25, 0.3) is 11.0 Å². The lowest BCUT2D eigenvalue weighted by Crippen LogP contribution is -1.98. The molecule has 1 heterocycles. The summed E-state index contributed by atoms with van der Waals surface area (Å²) >= 11 is 0. The van der Waals surface area contributed by atoms with E-state index >= 15 is 0 Å². The average molecular weight is 204 g/mol. The number of aliphatic carboxylic acids is 1. The number of carboxylic acids is 1. The van der Waals surface area contributed by atoms with Crippen LogP contribution in [0.15, 0.2) is 28.9 Å². The fourth-order valence-electron chi connectivity index (χ4n) is 1.65. The van der Waals surface area contributed by atoms with E-state index in [0.717, 1.165) is 23.0 Å². The quantitative estimate of drug-likeness (QED) is 0.836. The standard InChI is InChI=1S/C12H12O3/c1-2-8-3-4-10-9(6-12(13)14)7-15-11(10)5-8/h3-5,7H,2,6H2,1H3,(H,13,14). The molecular weight excluding hydrogens is 192 g/mol. The van der Waals surface area contributed by atoms with Crippen LogP contribution in [0.1, 0.15) is 18.1 Å². The predicted molar refractivity (Wildman–Crippen MR) is 56.9 cm³/mol. The number of fused-ring (bicyclic) bond motifs is 1. The number of carboxylic acid groups (broad SMARTS) is 1. The van der Waals surface area contributed by atoms with E-state index in [2.05, 4.69) is 6.92 Å². The van der Waals surface area contributed by atoms with Crippen LogP contribution >= 0.6 is 0 Å². The predicted octanol–water partition coefficient (Wildman–Crippen LogP) is 2.62. The van der Waals surface area contributed by atoms with Gasteiger partial charge in [0.15, 0.2) is 0 Å². The van der Waals surface area contributed by atoms with Gasteiger partial charge in [0, 0.05) is 10.9 Å². The Morgan fingerprint density at radius 1 is 1.47 bits per heavy atom. The normalized spacial score (nSPS) is 10.7. The molecule has 3 nitrogen and oxygen atoms in total. The van der Waals surface area contributed by atoms with Crippen molar-refractivity contribution in [1.29, 1.82) is 0 Å². The van der Waals surface area contributed by atoms with Gasteiger partial charge in [-0.05, 0) is 18.1 Å². The van der Waals surface area contributed by atoms with Gasteiger partial charge < -0.3 is 9.52 Å². The first-order valence-corrected chi connectivity index (χ1v) is 4.91. The third-order valence-corrected chi connectivity index (χ3v) is 2.47. The summed E-state index contributed by atoms with van der Waals surface area (Å²) in [6.45, 7) is 2.07. The molecule has 1 aromatic carbocycles. The molecule has 0 aliphatic heterocycles. The van der Waals surface area contributed by atoms with Crippen molar-refractivity contribution >= 4 is 16.9 Å². The lowest BCUT2D eigenvalue weighted by Gasteiger charge is -1.96. The lowest BCUT2D eigenvalue weighted by atomic mass is 10.1. The number of benzene rings is 1. The summed E-state index contributed by atoms with van der Waals surface area (Å²) in [7, 11) is 0. The van der Waals surface area contributed by atoms with Gasteiger partial charge in [-0.15, -0.1) is 0 Å². The topological polar surface area (TPSA) is 50.4 Å². The fourth-order valence-corrected chi connectivity index (χ4v) is 1.65. The van der Waals surface area contributed by atoms with Crippen molar-refractivity contribution in [3.63, 3.8) is 0 Å². The molecule has 0 radical (unpaired) electrons. The second-order valence-corrected chi connectivity index (χ2v) is 3.52. The van der Waals surface area contributed by atoms with Crippen LogP contribution < -0.4 is 0 Å². The molecule has 1 N–H and O–H groups in total. The minimum Gasteiger partial charge on any atom is -0.481 e. The molecule has 0 atom stereocenters. The molecule has 1 aromatic heterocycles. The summed E-state index contributed by atoms with van der Waals surface area (Å²) in [6.07, 6.45) is 2.49. The maximum Gasteiger partial charge on any atom is 0.307 e. The molecule has 0 spiro atoms. The Morgan fingerprint density at radius 3 is 2.93 bits per heavy atom. The van der Waals surface area contributed by atoms with E-state index in [4.69, 9.17) is 9.52 Å². The first-order chi connectivity index (χ1) is 7.20. The minimum atomic E-state index is -0.836. The number of hydrogen-bond acceptors (Lipinski definition) is 2. The van der Waals surface area contributed by atoms with Gasteiger partial charge in [-0.1, -0.05) is 19.1 Å². The zero-order valence-corrected chi connectivity index (χ0v) is 8.49. The second-order valence-electron chi connectivity index (χ2n) is 3.52. The van der Waals surface area contributed by atoms with E-state index in [1.54, 1.807) is 0 Å². The number of furan rings is 1. The van der Waals surface area contributed by atoms with Crippen molar-refractivity contribution in [2.75, 3.05) is 0 Å². The van der Waals surface area contributed by atoms with E-state index in [1.807, 2.05) is 18.2 Å². The minimum absolute atomic E-state index is 0.0124. The molecule has 0 fully saturated rings. The van der Waals surface area contributed by atoms with Crippen LogP contribution in [0.4, 0.5) is 0 Å². The number of aryl methyl sites for hydroxylation is 1. The summed E-state index contributed by atoms with van der Waals surface area (Å²) in [4.78, 5) is 10.6. The Bertz CT molecular complexity index is 497. The largest absolute Gasteiger partial charge is 0.481 e. The highest BCUT2D eigenvalue weighted by Crippen LogP contribution is 2.23. The molecule has 0 aliphatic carbocycles. The van der Waals surface area contributed by atoms with Crippen molar-refractivity contribution in [3.05, 3.63) is 35.6 Å². The van der Waals surface area contributed by atoms with E-state index < -0.39 is 5.97 Å². The first kappa shape index (κ1) is 9.77. The third kappa shape index (κ3) is 1.86. The second kappa shape index (κ2) is 3.77. The molecule has 2 rings (SSSR count). The fraction of sp³-hybridized carbons (Fsp3) is 0.250. The molecule has 78 valence electrons. The van der Waals surface area contributed by atoms with Gasteiger partial charge in [-0.3, -0.25) is 4.79 Å². The maximum atomic E-state index is 10.6. The molecule has 0 aliphatic rings. The zero-order chi connectivity index (χ0) is 10.8. The Kier molecular flexibility index (Phi) is 2.46. The molecule has 2 aromatic rings. The number of rotatable bonds is 3. The Labute approximate surface area is 87.3 Å². The van der Waals surface area contributed by atoms with Gasteiger partial charge >= 0.3 is 5.97 Å². The highest BCUT2D eigenvalue weighted by molar-refractivity contribution is 5.85. The van der Waals surface area contributed by atoms with E-state index in [1.165, 1.54) is 11.8 Å². The molecule has 15 heavy (non-hydrogen) atoms. The Balaban J connectivity index is 2.47. The van der Waals surface area contributed by atoms with Crippen molar-refractivity contribution in [3.8, 4) is 0 Å². The molecule has 0 amide bonds. The van der Waals surface area contributed by atoms with E-state index in [9.17, 15) is 4.79 Å². The van der Waals surface area contributed by atoms with Crippen LogP contribution in [0, 0.1) is 0 Å². The average Bonchev–Trinajstić information content (AvgIpc) is 2.60. The third-order valence-electron chi connectivity index (χ3n) is 2.47. The summed E-state index contributed by atoms with van der Waals surface area (Å²) in [5.41, 5.74) is 2.70. The summed E-state index contributed by atoms with van der Waals surface area (Å²) in [5, 5.41) is 9.60. The highest BCUT2D eigenvalue weighted by Gasteiger charge is 2.09. The van der Waals surface area contributed by atoms with Crippen LogP contribution in [0.3, 0.4) is 0 Å². The molecular formula is C12H12O3. The van der Waals surface area contributed by atoms with Gasteiger partial charge in [0.2, 0.25) is 0 Å². The number of hydrogen-bond donors (Lipinski definition) is 1. The van der Waals surface area contributed by atoms with Crippen molar-refractivity contribution < 1.29 is 14.3 Å². The van der Waals surface area contributed by atoms with Gasteiger partial charge in [0.05, 0.1) is 12.7 Å². The van der Waals surface area contributed by atoms with Gasteiger partial charge in [0.25, 0.3) is 0 Å². The Morgan fingerprint density at radius 2 is 2.27 bits per heavy atom. The first-order valence-electron chi connectivity index (χ1n) is 4.91. The molecule has 0 saturated carbocycles. The van der Waals surface area contributed by atoms with Crippen LogP contribution in [0.5, 0.6) is 0 Å². The summed E-state index contributed by atoms with van der Waals surface area (Å²) in [6, 6.07) is 5.89. The van der Waals surface area contributed by atoms with Crippen LogP contribution in [-0.4, -0.2) is 11.1 Å². The van der Waals surface area contributed by atoms with Gasteiger partial charge in [-0.25, -0.2) is 0 Å². The molecule has 0 unspecified atom stereocenters. The zero-order valence-electron chi connectivity index (χ0n) is 8.49. The van der Waals surface area contributed by atoms with Crippen molar-refractivity contribution in [2.24, 2.45) is 0 Å². The van der Waals surface area contributed by atoms with Crippen molar-refractivity contribution in [2.45, 2.75) is 19.8 Å². The van der Waals surface area contributed by atoms with Gasteiger partial charge in [-0.2, -0.15) is 0 Å². The number of carbonyl (C=O) groups is 1. The Hall–Kier alpha value is -1.77. The molecule has 0 bridgehead atoms. The summed E-state index contributed by atoms with van der Waals surface area (Å²) < 4.78 is 5.33. The van der Waals surface area contributed by atoms with Gasteiger partial charge in [0.1, 0.15) is 5.58 Å². The van der Waals surface area contributed by atoms with E-state index in [-0.39, 0.29) is 6.42 Å². The monoisotopic (exact) mass is 204 g/mol. The van der Waals surface area contributed by atoms with Crippen LogP contribution in [-0.2, 0) is 17.6 Å². The SMILES string of the molecule is CCc1ccc2c(CC(=O)O)coc2c1. The highest BCUT2D eigenvalue weighted by atomic mass is 16.4.